The second kappa shape index (κ2) is 5.79. The Hall–Kier alpha value is -0.960. The molecule has 1 unspecified atom stereocenters. The van der Waals surface area contributed by atoms with Gasteiger partial charge in [0.05, 0.1) is 0 Å². The SMILES string of the molecule is CCCc1nc(C)c(C(C)CNC2CC2)c(C)n1. The Balaban J connectivity index is 2.09. The molecule has 1 aliphatic rings. The van der Waals surface area contributed by atoms with Crippen molar-refractivity contribution in [2.24, 2.45) is 0 Å². The van der Waals surface area contributed by atoms with Crippen LogP contribution >= 0.6 is 0 Å². The molecule has 0 spiro atoms. The first-order valence-corrected chi connectivity index (χ1v) is 7.19. The lowest BCUT2D eigenvalue weighted by Gasteiger charge is -2.17. The molecule has 1 heterocycles. The lowest BCUT2D eigenvalue weighted by molar-refractivity contribution is 0.601. The minimum atomic E-state index is 0.501. The summed E-state index contributed by atoms with van der Waals surface area (Å²) in [7, 11) is 0. The van der Waals surface area contributed by atoms with Crippen LogP contribution in [0, 0.1) is 13.8 Å². The normalized spacial score (nSPS) is 16.9. The summed E-state index contributed by atoms with van der Waals surface area (Å²) in [6.07, 6.45) is 4.78. The zero-order chi connectivity index (χ0) is 13.1. The standard InChI is InChI=1S/C15H25N3/c1-5-6-14-17-11(3)15(12(4)18-14)10(2)9-16-13-7-8-13/h10,13,16H,5-9H2,1-4H3. The number of aryl methyl sites for hydroxylation is 3. The van der Waals surface area contributed by atoms with Crippen LogP contribution in [-0.4, -0.2) is 22.6 Å². The Bertz CT molecular complexity index is 387. The first kappa shape index (κ1) is 13.5. The molecule has 1 saturated carbocycles. The molecule has 3 heteroatoms. The Labute approximate surface area is 110 Å². The minimum Gasteiger partial charge on any atom is -0.313 e. The van der Waals surface area contributed by atoms with Crippen LogP contribution in [0.2, 0.25) is 0 Å². The summed E-state index contributed by atoms with van der Waals surface area (Å²) in [5.74, 6) is 1.50. The molecule has 1 aromatic heterocycles. The third-order valence-electron chi connectivity index (χ3n) is 3.63. The van der Waals surface area contributed by atoms with E-state index in [4.69, 9.17) is 0 Å². The lowest BCUT2D eigenvalue weighted by atomic mass is 9.98. The summed E-state index contributed by atoms with van der Waals surface area (Å²) in [5, 5.41) is 3.59. The molecule has 0 aromatic carbocycles. The highest BCUT2D eigenvalue weighted by molar-refractivity contribution is 5.28. The second-order valence-electron chi connectivity index (χ2n) is 5.56. The number of rotatable bonds is 6. The summed E-state index contributed by atoms with van der Waals surface area (Å²) in [6, 6.07) is 0.772. The van der Waals surface area contributed by atoms with Gasteiger partial charge in [0.2, 0.25) is 0 Å². The molecule has 2 rings (SSSR count). The predicted octanol–water partition coefficient (Wildman–Crippen LogP) is 2.90. The number of nitrogens with one attached hydrogen (secondary N) is 1. The van der Waals surface area contributed by atoms with Crippen molar-refractivity contribution in [2.45, 2.75) is 65.3 Å². The van der Waals surface area contributed by atoms with Gasteiger partial charge in [-0.2, -0.15) is 0 Å². The van der Waals surface area contributed by atoms with Gasteiger partial charge in [0.15, 0.2) is 0 Å². The Morgan fingerprint density at radius 1 is 1.22 bits per heavy atom. The molecular formula is C15H25N3. The Morgan fingerprint density at radius 2 is 1.83 bits per heavy atom. The number of hydrogen-bond donors (Lipinski definition) is 1. The number of hydrogen-bond acceptors (Lipinski definition) is 3. The molecule has 0 radical (unpaired) electrons. The van der Waals surface area contributed by atoms with Gasteiger partial charge in [-0.25, -0.2) is 9.97 Å². The largest absolute Gasteiger partial charge is 0.313 e. The van der Waals surface area contributed by atoms with Crippen molar-refractivity contribution in [3.05, 3.63) is 22.8 Å². The maximum atomic E-state index is 4.65. The number of aromatic nitrogens is 2. The van der Waals surface area contributed by atoms with Crippen LogP contribution in [0.15, 0.2) is 0 Å². The molecule has 0 saturated heterocycles. The highest BCUT2D eigenvalue weighted by atomic mass is 15.0. The van der Waals surface area contributed by atoms with Crippen molar-refractivity contribution in [3.63, 3.8) is 0 Å². The summed E-state index contributed by atoms with van der Waals surface area (Å²) in [6.45, 7) is 9.73. The average Bonchev–Trinajstić information content (AvgIpc) is 3.09. The van der Waals surface area contributed by atoms with E-state index in [1.165, 1.54) is 18.4 Å². The van der Waals surface area contributed by atoms with Gasteiger partial charge in [-0.05, 0) is 44.6 Å². The highest BCUT2D eigenvalue weighted by Gasteiger charge is 2.22. The zero-order valence-corrected chi connectivity index (χ0v) is 12.1. The topological polar surface area (TPSA) is 37.8 Å². The highest BCUT2D eigenvalue weighted by Crippen LogP contribution is 2.24. The molecule has 1 atom stereocenters. The van der Waals surface area contributed by atoms with Crippen molar-refractivity contribution in [1.29, 1.82) is 0 Å². The fourth-order valence-electron chi connectivity index (χ4n) is 2.58. The van der Waals surface area contributed by atoms with Crippen LogP contribution < -0.4 is 5.32 Å². The summed E-state index contributed by atoms with van der Waals surface area (Å²) < 4.78 is 0. The van der Waals surface area contributed by atoms with Crippen molar-refractivity contribution in [3.8, 4) is 0 Å². The fourth-order valence-corrected chi connectivity index (χ4v) is 2.58. The molecule has 1 fully saturated rings. The van der Waals surface area contributed by atoms with Gasteiger partial charge >= 0.3 is 0 Å². The van der Waals surface area contributed by atoms with Crippen molar-refractivity contribution >= 4 is 0 Å². The van der Waals surface area contributed by atoms with Crippen molar-refractivity contribution < 1.29 is 0 Å². The van der Waals surface area contributed by atoms with Gasteiger partial charge in [0.25, 0.3) is 0 Å². The predicted molar refractivity (Wildman–Crippen MR) is 74.9 cm³/mol. The van der Waals surface area contributed by atoms with E-state index in [1.807, 2.05) is 0 Å². The maximum Gasteiger partial charge on any atom is 0.128 e. The summed E-state index contributed by atoms with van der Waals surface area (Å²) >= 11 is 0. The van der Waals surface area contributed by atoms with Crippen LogP contribution in [-0.2, 0) is 6.42 Å². The van der Waals surface area contributed by atoms with E-state index >= 15 is 0 Å². The molecule has 1 aliphatic carbocycles. The van der Waals surface area contributed by atoms with Gasteiger partial charge in [-0.3, -0.25) is 0 Å². The van der Waals surface area contributed by atoms with E-state index < -0.39 is 0 Å². The molecule has 0 bridgehead atoms. The third-order valence-corrected chi connectivity index (χ3v) is 3.63. The first-order valence-electron chi connectivity index (χ1n) is 7.19. The average molecular weight is 247 g/mol. The molecule has 18 heavy (non-hydrogen) atoms. The van der Waals surface area contributed by atoms with Crippen LogP contribution in [0.1, 0.15) is 61.8 Å². The van der Waals surface area contributed by atoms with Crippen LogP contribution in [0.4, 0.5) is 0 Å². The molecule has 0 aliphatic heterocycles. The van der Waals surface area contributed by atoms with E-state index in [-0.39, 0.29) is 0 Å². The van der Waals surface area contributed by atoms with Crippen molar-refractivity contribution in [1.82, 2.24) is 15.3 Å². The Morgan fingerprint density at radius 3 is 2.33 bits per heavy atom. The monoisotopic (exact) mass is 247 g/mol. The summed E-state index contributed by atoms with van der Waals surface area (Å²) in [4.78, 5) is 9.30. The van der Waals surface area contributed by atoms with Gasteiger partial charge < -0.3 is 5.32 Å². The van der Waals surface area contributed by atoms with Gasteiger partial charge in [0, 0.05) is 30.4 Å². The second-order valence-corrected chi connectivity index (χ2v) is 5.56. The van der Waals surface area contributed by atoms with E-state index in [0.717, 1.165) is 42.6 Å². The lowest BCUT2D eigenvalue weighted by Crippen LogP contribution is -2.23. The fraction of sp³-hybridized carbons (Fsp3) is 0.733. The first-order chi connectivity index (χ1) is 8.61. The van der Waals surface area contributed by atoms with Crippen LogP contribution in [0.25, 0.3) is 0 Å². The van der Waals surface area contributed by atoms with Crippen LogP contribution in [0.3, 0.4) is 0 Å². The molecule has 3 nitrogen and oxygen atoms in total. The van der Waals surface area contributed by atoms with E-state index in [0.29, 0.717) is 5.92 Å². The molecule has 100 valence electrons. The maximum absolute atomic E-state index is 4.65. The number of nitrogens with zero attached hydrogens (tertiary/aromatic N) is 2. The van der Waals surface area contributed by atoms with Crippen molar-refractivity contribution in [2.75, 3.05) is 6.54 Å². The molecule has 1 aromatic rings. The minimum absolute atomic E-state index is 0.501. The van der Waals surface area contributed by atoms with Gasteiger partial charge in [-0.1, -0.05) is 13.8 Å². The smallest absolute Gasteiger partial charge is 0.128 e. The van der Waals surface area contributed by atoms with E-state index in [1.54, 1.807) is 0 Å². The summed E-state index contributed by atoms with van der Waals surface area (Å²) in [5.41, 5.74) is 3.66. The van der Waals surface area contributed by atoms with Gasteiger partial charge in [0.1, 0.15) is 5.82 Å². The molecule has 0 amide bonds. The van der Waals surface area contributed by atoms with Crippen LogP contribution in [0.5, 0.6) is 0 Å². The quantitative estimate of drug-likeness (QED) is 0.840. The van der Waals surface area contributed by atoms with E-state index in [2.05, 4.69) is 43.0 Å². The third kappa shape index (κ3) is 3.29. The van der Waals surface area contributed by atoms with Gasteiger partial charge in [-0.15, -0.1) is 0 Å². The van der Waals surface area contributed by atoms with E-state index in [9.17, 15) is 0 Å². The zero-order valence-electron chi connectivity index (χ0n) is 12.1. The molecule has 1 N–H and O–H groups in total. The molecular weight excluding hydrogens is 222 g/mol. The Kier molecular flexibility index (Phi) is 4.33.